The normalized spacial score (nSPS) is 10.5. The molecule has 5 nitrogen and oxygen atoms in total. The van der Waals surface area contributed by atoms with Crippen LogP contribution in [0.25, 0.3) is 0 Å². The smallest absolute Gasteiger partial charge is 0.271 e. The van der Waals surface area contributed by atoms with E-state index >= 15 is 0 Å². The lowest BCUT2D eigenvalue weighted by molar-refractivity contribution is 0.0943. The first-order valence-corrected chi connectivity index (χ1v) is 7.07. The van der Waals surface area contributed by atoms with Gasteiger partial charge in [0.1, 0.15) is 0 Å². The topological polar surface area (TPSA) is 66.9 Å². The van der Waals surface area contributed by atoms with Gasteiger partial charge in [0.2, 0.25) is 0 Å². The van der Waals surface area contributed by atoms with E-state index in [4.69, 9.17) is 11.6 Å². The van der Waals surface area contributed by atoms with Crippen molar-refractivity contribution in [2.45, 2.75) is 13.8 Å². The molecular formula is C15H17ClN4O. The van der Waals surface area contributed by atoms with Gasteiger partial charge < -0.3 is 10.6 Å². The van der Waals surface area contributed by atoms with E-state index < -0.39 is 0 Å². The van der Waals surface area contributed by atoms with Gasteiger partial charge >= 0.3 is 0 Å². The van der Waals surface area contributed by atoms with Crippen LogP contribution in [0.4, 0.5) is 11.5 Å². The summed E-state index contributed by atoms with van der Waals surface area (Å²) in [6.07, 6.45) is 0. The molecule has 1 aromatic carbocycles. The lowest BCUT2D eigenvalue weighted by Crippen LogP contribution is -2.28. The van der Waals surface area contributed by atoms with E-state index in [0.29, 0.717) is 29.0 Å². The number of para-hydroxylation sites is 1. The molecule has 0 aliphatic rings. The zero-order valence-electron chi connectivity index (χ0n) is 11.9. The highest BCUT2D eigenvalue weighted by atomic mass is 35.5. The van der Waals surface area contributed by atoms with Crippen molar-refractivity contribution >= 4 is 29.0 Å². The number of amides is 1. The molecule has 0 atom stereocenters. The second kappa shape index (κ2) is 7.04. The van der Waals surface area contributed by atoms with Crippen LogP contribution in [-0.4, -0.2) is 22.6 Å². The van der Waals surface area contributed by atoms with Gasteiger partial charge in [-0.25, -0.2) is 0 Å². The lowest BCUT2D eigenvalue weighted by Gasteiger charge is -2.08. The van der Waals surface area contributed by atoms with Crippen molar-refractivity contribution < 1.29 is 4.79 Å². The second-order valence-corrected chi connectivity index (χ2v) is 5.42. The number of benzene rings is 1. The van der Waals surface area contributed by atoms with Crippen LogP contribution in [0.5, 0.6) is 0 Å². The summed E-state index contributed by atoms with van der Waals surface area (Å²) in [7, 11) is 0. The Morgan fingerprint density at radius 3 is 2.57 bits per heavy atom. The Morgan fingerprint density at radius 1 is 1.19 bits per heavy atom. The monoisotopic (exact) mass is 304 g/mol. The van der Waals surface area contributed by atoms with Gasteiger partial charge in [0.15, 0.2) is 11.5 Å². The van der Waals surface area contributed by atoms with Crippen molar-refractivity contribution in [3.8, 4) is 0 Å². The molecular weight excluding hydrogens is 288 g/mol. The fourth-order valence-corrected chi connectivity index (χ4v) is 1.79. The van der Waals surface area contributed by atoms with E-state index in [1.54, 1.807) is 18.2 Å². The van der Waals surface area contributed by atoms with E-state index in [1.807, 2.05) is 32.0 Å². The summed E-state index contributed by atoms with van der Waals surface area (Å²) in [6.45, 7) is 4.67. The maximum absolute atomic E-state index is 11.8. The van der Waals surface area contributed by atoms with E-state index in [-0.39, 0.29) is 5.91 Å². The fraction of sp³-hybridized carbons (Fsp3) is 0.267. The van der Waals surface area contributed by atoms with Crippen molar-refractivity contribution in [2.24, 2.45) is 5.92 Å². The summed E-state index contributed by atoms with van der Waals surface area (Å²) in [4.78, 5) is 11.8. The highest BCUT2D eigenvalue weighted by Crippen LogP contribution is 2.23. The van der Waals surface area contributed by atoms with Gasteiger partial charge in [-0.05, 0) is 30.2 Å². The number of rotatable bonds is 5. The average Bonchev–Trinajstić information content (AvgIpc) is 2.48. The molecule has 21 heavy (non-hydrogen) atoms. The molecule has 0 saturated heterocycles. The number of hydrogen-bond donors (Lipinski definition) is 2. The van der Waals surface area contributed by atoms with Gasteiger partial charge in [0.05, 0.1) is 10.7 Å². The molecule has 2 aromatic rings. The maximum Gasteiger partial charge on any atom is 0.271 e. The molecule has 0 bridgehead atoms. The number of carbonyl (C=O) groups is 1. The number of anilines is 2. The average molecular weight is 305 g/mol. The summed E-state index contributed by atoms with van der Waals surface area (Å²) in [5.74, 6) is 0.701. The quantitative estimate of drug-likeness (QED) is 0.890. The molecule has 0 aliphatic carbocycles. The van der Waals surface area contributed by atoms with Crippen molar-refractivity contribution in [2.75, 3.05) is 11.9 Å². The van der Waals surface area contributed by atoms with Crippen molar-refractivity contribution in [1.82, 2.24) is 15.5 Å². The van der Waals surface area contributed by atoms with Crippen LogP contribution >= 0.6 is 11.6 Å². The zero-order chi connectivity index (χ0) is 15.2. The predicted molar refractivity (Wildman–Crippen MR) is 83.9 cm³/mol. The van der Waals surface area contributed by atoms with Crippen LogP contribution in [-0.2, 0) is 0 Å². The minimum Gasteiger partial charge on any atom is -0.350 e. The zero-order valence-corrected chi connectivity index (χ0v) is 12.7. The molecule has 0 aliphatic heterocycles. The first-order chi connectivity index (χ1) is 10.1. The highest BCUT2D eigenvalue weighted by Gasteiger charge is 2.09. The molecule has 0 radical (unpaired) electrons. The van der Waals surface area contributed by atoms with E-state index in [2.05, 4.69) is 20.8 Å². The first-order valence-electron chi connectivity index (χ1n) is 6.69. The van der Waals surface area contributed by atoms with Crippen molar-refractivity contribution in [1.29, 1.82) is 0 Å². The molecule has 2 N–H and O–H groups in total. The molecule has 6 heteroatoms. The van der Waals surface area contributed by atoms with Gasteiger partial charge in [-0.2, -0.15) is 0 Å². The van der Waals surface area contributed by atoms with Crippen LogP contribution in [0.1, 0.15) is 24.3 Å². The molecule has 0 saturated carbocycles. The van der Waals surface area contributed by atoms with Gasteiger partial charge in [0.25, 0.3) is 5.91 Å². The fourth-order valence-electron chi connectivity index (χ4n) is 1.61. The van der Waals surface area contributed by atoms with Gasteiger partial charge in [-0.15, -0.1) is 10.2 Å². The second-order valence-electron chi connectivity index (χ2n) is 5.01. The van der Waals surface area contributed by atoms with Crippen LogP contribution in [0.3, 0.4) is 0 Å². The number of carbonyl (C=O) groups excluding carboxylic acids is 1. The van der Waals surface area contributed by atoms with Gasteiger partial charge in [-0.1, -0.05) is 37.6 Å². The molecule has 110 valence electrons. The first kappa shape index (κ1) is 15.3. The number of aromatic nitrogens is 2. The van der Waals surface area contributed by atoms with Crippen LogP contribution in [0.15, 0.2) is 36.4 Å². The Morgan fingerprint density at radius 2 is 1.95 bits per heavy atom. The molecule has 1 heterocycles. The summed E-state index contributed by atoms with van der Waals surface area (Å²) in [5.41, 5.74) is 1.03. The summed E-state index contributed by atoms with van der Waals surface area (Å²) >= 11 is 6.05. The molecule has 2 rings (SSSR count). The van der Waals surface area contributed by atoms with Crippen molar-refractivity contribution in [3.63, 3.8) is 0 Å². The van der Waals surface area contributed by atoms with Gasteiger partial charge in [-0.3, -0.25) is 4.79 Å². The molecule has 0 unspecified atom stereocenters. The number of hydrogen-bond acceptors (Lipinski definition) is 4. The molecule has 1 aromatic heterocycles. The number of nitrogens with zero attached hydrogens (tertiary/aromatic N) is 2. The predicted octanol–water partition coefficient (Wildman–Crippen LogP) is 3.26. The minimum atomic E-state index is -0.222. The highest BCUT2D eigenvalue weighted by molar-refractivity contribution is 6.33. The van der Waals surface area contributed by atoms with Crippen molar-refractivity contribution in [3.05, 3.63) is 47.1 Å². The Hall–Kier alpha value is -2.14. The maximum atomic E-state index is 11.8. The third-order valence-corrected chi connectivity index (χ3v) is 3.03. The third kappa shape index (κ3) is 4.43. The summed E-state index contributed by atoms with van der Waals surface area (Å²) in [5, 5.41) is 14.3. The van der Waals surface area contributed by atoms with Crippen LogP contribution < -0.4 is 10.6 Å². The largest absolute Gasteiger partial charge is 0.350 e. The minimum absolute atomic E-state index is 0.222. The third-order valence-electron chi connectivity index (χ3n) is 2.70. The Bertz CT molecular complexity index is 613. The van der Waals surface area contributed by atoms with E-state index in [1.165, 1.54) is 0 Å². The number of nitrogens with one attached hydrogen (secondary N) is 2. The van der Waals surface area contributed by atoms with Crippen LogP contribution in [0.2, 0.25) is 5.02 Å². The van der Waals surface area contributed by atoms with E-state index in [0.717, 1.165) is 5.69 Å². The molecule has 0 fully saturated rings. The van der Waals surface area contributed by atoms with Gasteiger partial charge in [0, 0.05) is 6.54 Å². The SMILES string of the molecule is CC(C)CNC(=O)c1ccc(Nc2ccccc2Cl)nn1. The molecule has 1 amide bonds. The number of halogens is 1. The Balaban J connectivity index is 2.02. The standard InChI is InChI=1S/C15H17ClN4O/c1-10(2)9-17-15(21)13-7-8-14(20-19-13)18-12-6-4-3-5-11(12)16/h3-8,10H,9H2,1-2H3,(H,17,21)(H,18,20). The summed E-state index contributed by atoms with van der Waals surface area (Å²) < 4.78 is 0. The Kier molecular flexibility index (Phi) is 5.11. The molecule has 0 spiro atoms. The van der Waals surface area contributed by atoms with E-state index in [9.17, 15) is 4.79 Å². The lowest BCUT2D eigenvalue weighted by atomic mass is 10.2. The summed E-state index contributed by atoms with van der Waals surface area (Å²) in [6, 6.07) is 10.7. The van der Waals surface area contributed by atoms with Crippen LogP contribution in [0, 0.1) is 5.92 Å². The Labute approximate surface area is 128 Å².